The Balaban J connectivity index is 1.44. The number of methoxy groups -OCH3 is 2. The molecule has 0 radical (unpaired) electrons. The van der Waals surface area contributed by atoms with Gasteiger partial charge < -0.3 is 38.4 Å². The molecule has 3 aromatic carbocycles. The van der Waals surface area contributed by atoms with Crippen molar-refractivity contribution in [3.05, 3.63) is 41.5 Å². The molecule has 3 heterocycles. The minimum absolute atomic E-state index is 0.0692. The molecule has 1 N–H and O–H groups in total. The highest BCUT2D eigenvalue weighted by molar-refractivity contribution is 6.14. The van der Waals surface area contributed by atoms with Crippen molar-refractivity contribution in [3.8, 4) is 39.9 Å². The molecule has 10 nitrogen and oxygen atoms in total. The van der Waals surface area contributed by atoms with Crippen molar-refractivity contribution in [2.45, 2.75) is 12.7 Å². The predicted octanol–water partition coefficient (Wildman–Crippen LogP) is 2.91. The zero-order valence-electron chi connectivity index (χ0n) is 22.3. The first-order chi connectivity index (χ1) is 19.0. The first-order valence-corrected chi connectivity index (χ1v) is 13.0. The van der Waals surface area contributed by atoms with Gasteiger partial charge in [-0.05, 0) is 42.3 Å². The van der Waals surface area contributed by atoms with Gasteiger partial charge >= 0.3 is 5.97 Å². The largest absolute Gasteiger partial charge is 0.493 e. The summed E-state index contributed by atoms with van der Waals surface area (Å²) in [5, 5.41) is 12.3. The Kier molecular flexibility index (Phi) is 6.84. The van der Waals surface area contributed by atoms with Crippen LogP contribution in [0.1, 0.15) is 15.9 Å². The summed E-state index contributed by atoms with van der Waals surface area (Å²) in [6.45, 7) is 4.52. The average Bonchev–Trinajstić information content (AvgIpc) is 3.58. The molecule has 0 saturated carbocycles. The molecule has 206 valence electrons. The molecule has 6 rings (SSSR count). The number of piperazine rings is 1. The molecule has 3 aliphatic rings. The van der Waals surface area contributed by atoms with E-state index >= 15 is 0 Å². The van der Waals surface area contributed by atoms with Crippen LogP contribution in [0.25, 0.3) is 21.9 Å². The quantitative estimate of drug-likeness (QED) is 0.433. The molecule has 10 heteroatoms. The van der Waals surface area contributed by atoms with Crippen LogP contribution in [-0.2, 0) is 11.3 Å². The summed E-state index contributed by atoms with van der Waals surface area (Å²) in [7, 11) is 5.24. The number of aliphatic hydroxyl groups excluding tert-OH is 1. The minimum Gasteiger partial charge on any atom is -0.493 e. The highest BCUT2D eigenvalue weighted by atomic mass is 16.7. The number of esters is 1. The third-order valence-corrected chi connectivity index (χ3v) is 7.56. The van der Waals surface area contributed by atoms with Crippen LogP contribution in [0.4, 0.5) is 0 Å². The van der Waals surface area contributed by atoms with Crippen LogP contribution < -0.4 is 23.7 Å². The molecule has 3 aliphatic heterocycles. The maximum absolute atomic E-state index is 13.1. The Labute approximate surface area is 226 Å². The molecule has 1 unspecified atom stereocenters. The normalized spacial score (nSPS) is 17.7. The average molecular weight is 537 g/mol. The fourth-order valence-electron chi connectivity index (χ4n) is 5.49. The van der Waals surface area contributed by atoms with Crippen molar-refractivity contribution in [2.75, 3.05) is 67.4 Å². The number of aliphatic hydroxyl groups is 1. The molecular formula is C29H32N2O8. The Bertz CT molecular complexity index is 1420. The van der Waals surface area contributed by atoms with Gasteiger partial charge in [-0.3, -0.25) is 4.90 Å². The molecule has 0 amide bonds. The highest BCUT2D eigenvalue weighted by Crippen LogP contribution is 2.49. The molecule has 39 heavy (non-hydrogen) atoms. The van der Waals surface area contributed by atoms with Crippen LogP contribution in [0.15, 0.2) is 30.3 Å². The summed E-state index contributed by atoms with van der Waals surface area (Å²) in [5.74, 6) is 2.35. The zero-order chi connectivity index (χ0) is 27.1. The summed E-state index contributed by atoms with van der Waals surface area (Å²) in [5.41, 5.74) is 2.52. The number of ether oxygens (including phenoxy) is 6. The van der Waals surface area contributed by atoms with Crippen molar-refractivity contribution < 1.29 is 38.3 Å². The number of hydrogen-bond acceptors (Lipinski definition) is 10. The lowest BCUT2D eigenvalue weighted by Gasteiger charge is -2.33. The second kappa shape index (κ2) is 10.4. The first-order valence-electron chi connectivity index (χ1n) is 13.0. The van der Waals surface area contributed by atoms with E-state index < -0.39 is 12.1 Å². The van der Waals surface area contributed by atoms with E-state index in [1.54, 1.807) is 14.2 Å². The lowest BCUT2D eigenvalue weighted by Crippen LogP contribution is -2.47. The van der Waals surface area contributed by atoms with Crippen molar-refractivity contribution in [1.29, 1.82) is 0 Å². The molecule has 0 bridgehead atoms. The van der Waals surface area contributed by atoms with Gasteiger partial charge in [0.05, 0.1) is 19.8 Å². The zero-order valence-corrected chi connectivity index (χ0v) is 22.3. The summed E-state index contributed by atoms with van der Waals surface area (Å²) in [4.78, 5) is 17.7. The van der Waals surface area contributed by atoms with Crippen LogP contribution in [0.2, 0.25) is 0 Å². The van der Waals surface area contributed by atoms with Crippen LogP contribution in [-0.4, -0.2) is 94.4 Å². The SMILES string of the molecule is COc1cc2c(OCC(O)CN3CCN(C)CC3)c3c(c(-c4ccc5c(c4)OCO5)c2cc1OC)C(=O)OC3. The van der Waals surface area contributed by atoms with Crippen LogP contribution >= 0.6 is 0 Å². The number of β-amino-alcohol motifs (C(OH)–C–C–N with tert-alkyl or cyclic N) is 1. The van der Waals surface area contributed by atoms with E-state index in [2.05, 4.69) is 16.8 Å². The highest BCUT2D eigenvalue weighted by Gasteiger charge is 2.34. The minimum atomic E-state index is -0.703. The van der Waals surface area contributed by atoms with Crippen molar-refractivity contribution in [2.24, 2.45) is 0 Å². The Hall–Kier alpha value is -3.73. The number of fused-ring (bicyclic) bond motifs is 3. The van der Waals surface area contributed by atoms with Crippen molar-refractivity contribution in [3.63, 3.8) is 0 Å². The summed E-state index contributed by atoms with van der Waals surface area (Å²) >= 11 is 0. The molecule has 0 spiro atoms. The lowest BCUT2D eigenvalue weighted by molar-refractivity contribution is 0.0489. The van der Waals surface area contributed by atoms with E-state index in [0.29, 0.717) is 52.0 Å². The molecule has 1 atom stereocenters. The van der Waals surface area contributed by atoms with Crippen LogP contribution in [0.3, 0.4) is 0 Å². The Morgan fingerprint density at radius 2 is 1.64 bits per heavy atom. The molecule has 1 fully saturated rings. The van der Waals surface area contributed by atoms with Crippen molar-refractivity contribution in [1.82, 2.24) is 9.80 Å². The van der Waals surface area contributed by atoms with E-state index in [0.717, 1.165) is 42.5 Å². The summed E-state index contributed by atoms with van der Waals surface area (Å²) in [6.07, 6.45) is -0.703. The Morgan fingerprint density at radius 1 is 0.923 bits per heavy atom. The second-order valence-electron chi connectivity index (χ2n) is 10.0. The van der Waals surface area contributed by atoms with E-state index in [-0.39, 0.29) is 20.0 Å². The number of rotatable bonds is 8. The van der Waals surface area contributed by atoms with Gasteiger partial charge in [0.25, 0.3) is 0 Å². The number of hydrogen-bond donors (Lipinski definition) is 1. The van der Waals surface area contributed by atoms with Gasteiger partial charge in [0.15, 0.2) is 23.0 Å². The van der Waals surface area contributed by atoms with Gasteiger partial charge in [-0.25, -0.2) is 4.79 Å². The van der Waals surface area contributed by atoms with E-state index in [4.69, 9.17) is 28.4 Å². The van der Waals surface area contributed by atoms with E-state index in [9.17, 15) is 9.90 Å². The fraction of sp³-hybridized carbons (Fsp3) is 0.414. The number of carbonyl (C=O) groups is 1. The Morgan fingerprint density at radius 3 is 2.38 bits per heavy atom. The molecule has 1 saturated heterocycles. The number of likely N-dealkylation sites (N-methyl/N-ethyl adjacent to an activating group) is 1. The third-order valence-electron chi connectivity index (χ3n) is 7.56. The van der Waals surface area contributed by atoms with Crippen molar-refractivity contribution >= 4 is 16.7 Å². The van der Waals surface area contributed by atoms with E-state index in [1.807, 2.05) is 30.3 Å². The summed E-state index contributed by atoms with van der Waals surface area (Å²) < 4.78 is 34.2. The fourth-order valence-corrected chi connectivity index (χ4v) is 5.49. The van der Waals surface area contributed by atoms with Gasteiger partial charge in [0, 0.05) is 49.2 Å². The smallest absolute Gasteiger partial charge is 0.339 e. The molecular weight excluding hydrogens is 504 g/mol. The lowest BCUT2D eigenvalue weighted by atomic mass is 9.89. The van der Waals surface area contributed by atoms with Gasteiger partial charge in [0.1, 0.15) is 25.1 Å². The number of benzene rings is 3. The predicted molar refractivity (Wildman–Crippen MR) is 143 cm³/mol. The number of carbonyl (C=O) groups excluding carboxylic acids is 1. The molecule has 3 aromatic rings. The van der Waals surface area contributed by atoms with E-state index in [1.165, 1.54) is 0 Å². The third kappa shape index (κ3) is 4.69. The van der Waals surface area contributed by atoms with Gasteiger partial charge in [0.2, 0.25) is 6.79 Å². The standard InChI is InChI=1S/C29H32N2O8/c1-30-6-8-31(9-7-30)13-18(32)14-36-28-20-12-24(35-3)23(34-2)11-19(20)26(27-21(28)15-37-29(27)33)17-4-5-22-25(10-17)39-16-38-22/h4-5,10-12,18,32H,6-9,13-16H2,1-3H3. The maximum atomic E-state index is 13.1. The summed E-state index contributed by atoms with van der Waals surface area (Å²) in [6, 6.07) is 9.27. The monoisotopic (exact) mass is 536 g/mol. The van der Waals surface area contributed by atoms with Gasteiger partial charge in [-0.15, -0.1) is 0 Å². The number of nitrogens with zero attached hydrogens (tertiary/aromatic N) is 2. The second-order valence-corrected chi connectivity index (χ2v) is 10.0. The van der Waals surface area contributed by atoms with Crippen LogP contribution in [0.5, 0.6) is 28.7 Å². The van der Waals surface area contributed by atoms with Gasteiger partial charge in [-0.2, -0.15) is 0 Å². The molecule has 0 aliphatic carbocycles. The molecule has 0 aromatic heterocycles. The first kappa shape index (κ1) is 25.5. The van der Waals surface area contributed by atoms with Crippen LogP contribution in [0, 0.1) is 0 Å². The topological polar surface area (TPSA) is 99.2 Å². The number of cyclic esters (lactones) is 1. The maximum Gasteiger partial charge on any atom is 0.339 e. The van der Waals surface area contributed by atoms with Gasteiger partial charge in [-0.1, -0.05) is 6.07 Å².